The molecule has 0 aliphatic carbocycles. The van der Waals surface area contributed by atoms with Crippen molar-refractivity contribution in [3.05, 3.63) is 29.8 Å². The van der Waals surface area contributed by atoms with Gasteiger partial charge in [0.05, 0.1) is 13.2 Å². The molecule has 114 valence electrons. The third-order valence-corrected chi connectivity index (χ3v) is 4.24. The highest BCUT2D eigenvalue weighted by molar-refractivity contribution is 7.85. The molecule has 0 saturated carbocycles. The van der Waals surface area contributed by atoms with E-state index in [2.05, 4.69) is 12.2 Å². The molecule has 1 aromatic rings. The van der Waals surface area contributed by atoms with Gasteiger partial charge in [-0.2, -0.15) is 0 Å². The van der Waals surface area contributed by atoms with Crippen molar-refractivity contribution >= 4 is 10.8 Å². The smallest absolute Gasteiger partial charge is 0.119 e. The molecule has 0 aromatic heterocycles. The van der Waals surface area contributed by atoms with E-state index in [-0.39, 0.29) is 6.04 Å². The Morgan fingerprint density at radius 1 is 1.25 bits per heavy atom. The lowest BCUT2D eigenvalue weighted by Crippen LogP contribution is -2.27. The van der Waals surface area contributed by atoms with Crippen molar-refractivity contribution in [2.75, 3.05) is 38.4 Å². The average Bonchev–Trinajstić information content (AvgIpc) is 2.46. The summed E-state index contributed by atoms with van der Waals surface area (Å²) in [6.45, 7) is 6.07. The van der Waals surface area contributed by atoms with E-state index in [0.717, 1.165) is 17.9 Å². The standard InChI is InChI=1S/C15H25NO3S/c1-4-16-15(12-20(17)11-10-18-3)13-6-8-14(9-7-13)19-5-2/h6-9,15-16H,4-5,10-12H2,1-3H3. The topological polar surface area (TPSA) is 47.6 Å². The molecule has 0 aliphatic rings. The summed E-state index contributed by atoms with van der Waals surface area (Å²) in [4.78, 5) is 0. The zero-order chi connectivity index (χ0) is 14.8. The van der Waals surface area contributed by atoms with Crippen LogP contribution in [0.5, 0.6) is 5.75 Å². The van der Waals surface area contributed by atoms with Gasteiger partial charge >= 0.3 is 0 Å². The van der Waals surface area contributed by atoms with Gasteiger partial charge in [-0.05, 0) is 31.2 Å². The van der Waals surface area contributed by atoms with Crippen LogP contribution in [0, 0.1) is 0 Å². The molecule has 4 nitrogen and oxygen atoms in total. The predicted octanol–water partition coefficient (Wildman–Crippen LogP) is 2.13. The maximum absolute atomic E-state index is 12.0. The molecule has 2 unspecified atom stereocenters. The summed E-state index contributed by atoms with van der Waals surface area (Å²) in [6.07, 6.45) is 0. The van der Waals surface area contributed by atoms with Crippen molar-refractivity contribution < 1.29 is 13.7 Å². The Kier molecular flexibility index (Phi) is 8.49. The van der Waals surface area contributed by atoms with E-state index in [1.54, 1.807) is 7.11 Å². The van der Waals surface area contributed by atoms with Gasteiger partial charge in [-0.1, -0.05) is 19.1 Å². The molecule has 2 atom stereocenters. The summed E-state index contributed by atoms with van der Waals surface area (Å²) >= 11 is 0. The van der Waals surface area contributed by atoms with Crippen LogP contribution in [0.25, 0.3) is 0 Å². The Balaban J connectivity index is 2.66. The lowest BCUT2D eigenvalue weighted by Gasteiger charge is -2.18. The van der Waals surface area contributed by atoms with Crippen LogP contribution in [0.3, 0.4) is 0 Å². The number of methoxy groups -OCH3 is 1. The SMILES string of the molecule is CCNC(CS(=O)CCOC)c1ccc(OCC)cc1. The van der Waals surface area contributed by atoms with Gasteiger partial charge in [0.1, 0.15) is 5.75 Å². The summed E-state index contributed by atoms with van der Waals surface area (Å²) in [5.74, 6) is 2.05. The molecule has 20 heavy (non-hydrogen) atoms. The molecule has 0 fully saturated rings. The second-order valence-electron chi connectivity index (χ2n) is 4.42. The van der Waals surface area contributed by atoms with E-state index in [9.17, 15) is 4.21 Å². The summed E-state index contributed by atoms with van der Waals surface area (Å²) in [6, 6.07) is 8.09. The first kappa shape index (κ1) is 17.1. The highest BCUT2D eigenvalue weighted by Crippen LogP contribution is 2.19. The van der Waals surface area contributed by atoms with Crippen LogP contribution in [0.2, 0.25) is 0 Å². The number of ether oxygens (including phenoxy) is 2. The molecule has 0 radical (unpaired) electrons. The zero-order valence-corrected chi connectivity index (χ0v) is 13.4. The number of nitrogens with one attached hydrogen (secondary N) is 1. The highest BCUT2D eigenvalue weighted by atomic mass is 32.2. The van der Waals surface area contributed by atoms with E-state index in [1.165, 1.54) is 0 Å². The number of rotatable bonds is 10. The van der Waals surface area contributed by atoms with Gasteiger partial charge < -0.3 is 14.8 Å². The Morgan fingerprint density at radius 3 is 2.50 bits per heavy atom. The van der Waals surface area contributed by atoms with Crippen LogP contribution < -0.4 is 10.1 Å². The molecule has 1 rings (SSSR count). The number of benzene rings is 1. The fourth-order valence-electron chi connectivity index (χ4n) is 1.93. The molecule has 1 N–H and O–H groups in total. The van der Waals surface area contributed by atoms with Crippen molar-refractivity contribution in [1.29, 1.82) is 0 Å². The van der Waals surface area contributed by atoms with Gasteiger partial charge in [-0.15, -0.1) is 0 Å². The fourth-order valence-corrected chi connectivity index (χ4v) is 3.13. The van der Waals surface area contributed by atoms with Crippen LogP contribution in [0.1, 0.15) is 25.5 Å². The zero-order valence-electron chi connectivity index (χ0n) is 12.6. The molecular formula is C15H25NO3S. The molecule has 0 spiro atoms. The van der Waals surface area contributed by atoms with E-state index in [4.69, 9.17) is 9.47 Å². The Bertz CT molecular complexity index is 395. The molecule has 1 aromatic carbocycles. The molecule has 0 saturated heterocycles. The van der Waals surface area contributed by atoms with Gasteiger partial charge in [0.25, 0.3) is 0 Å². The second-order valence-corrected chi connectivity index (χ2v) is 6.04. The summed E-state index contributed by atoms with van der Waals surface area (Å²) in [5.41, 5.74) is 1.14. The highest BCUT2D eigenvalue weighted by Gasteiger charge is 2.14. The Hall–Kier alpha value is -0.910. The monoisotopic (exact) mass is 299 g/mol. The lowest BCUT2D eigenvalue weighted by atomic mass is 10.1. The van der Waals surface area contributed by atoms with Crippen molar-refractivity contribution in [2.45, 2.75) is 19.9 Å². The van der Waals surface area contributed by atoms with E-state index in [1.807, 2.05) is 31.2 Å². The molecule has 0 bridgehead atoms. The first-order valence-electron chi connectivity index (χ1n) is 7.01. The van der Waals surface area contributed by atoms with Gasteiger partial charge in [0.15, 0.2) is 0 Å². The van der Waals surface area contributed by atoms with Gasteiger partial charge in [-0.3, -0.25) is 4.21 Å². The summed E-state index contributed by atoms with van der Waals surface area (Å²) in [5, 5.41) is 3.38. The summed E-state index contributed by atoms with van der Waals surface area (Å²) < 4.78 is 22.4. The van der Waals surface area contributed by atoms with E-state index >= 15 is 0 Å². The third-order valence-electron chi connectivity index (χ3n) is 2.91. The van der Waals surface area contributed by atoms with Gasteiger partial charge in [0, 0.05) is 35.5 Å². The van der Waals surface area contributed by atoms with E-state index < -0.39 is 10.8 Å². The normalized spacial score (nSPS) is 13.9. The average molecular weight is 299 g/mol. The largest absolute Gasteiger partial charge is 0.494 e. The minimum atomic E-state index is -0.879. The molecular weight excluding hydrogens is 274 g/mol. The van der Waals surface area contributed by atoms with Crippen molar-refractivity contribution in [2.24, 2.45) is 0 Å². The molecule has 0 aliphatic heterocycles. The first-order valence-corrected chi connectivity index (χ1v) is 8.50. The minimum absolute atomic E-state index is 0.105. The van der Waals surface area contributed by atoms with Crippen LogP contribution in [-0.4, -0.2) is 42.6 Å². The minimum Gasteiger partial charge on any atom is -0.494 e. The second kappa shape index (κ2) is 9.91. The van der Waals surface area contributed by atoms with Crippen molar-refractivity contribution in [3.8, 4) is 5.75 Å². The van der Waals surface area contributed by atoms with E-state index in [0.29, 0.717) is 24.7 Å². The van der Waals surface area contributed by atoms with Crippen LogP contribution in [-0.2, 0) is 15.5 Å². The molecule has 0 heterocycles. The molecule has 0 amide bonds. The van der Waals surface area contributed by atoms with Crippen molar-refractivity contribution in [3.63, 3.8) is 0 Å². The van der Waals surface area contributed by atoms with Crippen LogP contribution in [0.15, 0.2) is 24.3 Å². The third kappa shape index (κ3) is 6.03. The van der Waals surface area contributed by atoms with Crippen molar-refractivity contribution in [1.82, 2.24) is 5.32 Å². The quantitative estimate of drug-likeness (QED) is 0.719. The predicted molar refractivity (Wildman–Crippen MR) is 83.8 cm³/mol. The fraction of sp³-hybridized carbons (Fsp3) is 0.600. The first-order chi connectivity index (χ1) is 9.71. The van der Waals surface area contributed by atoms with Crippen LogP contribution >= 0.6 is 0 Å². The maximum atomic E-state index is 12.0. The number of hydrogen-bond donors (Lipinski definition) is 1. The molecule has 5 heteroatoms. The maximum Gasteiger partial charge on any atom is 0.119 e. The lowest BCUT2D eigenvalue weighted by molar-refractivity contribution is 0.218. The Morgan fingerprint density at radius 2 is 1.95 bits per heavy atom. The van der Waals surface area contributed by atoms with Crippen LogP contribution in [0.4, 0.5) is 0 Å². The van der Waals surface area contributed by atoms with Gasteiger partial charge in [-0.25, -0.2) is 0 Å². The number of hydrogen-bond acceptors (Lipinski definition) is 4. The Labute approximate surface area is 124 Å². The summed E-state index contributed by atoms with van der Waals surface area (Å²) in [7, 11) is 0.751. The van der Waals surface area contributed by atoms with Gasteiger partial charge in [0.2, 0.25) is 0 Å².